The summed E-state index contributed by atoms with van der Waals surface area (Å²) in [5.41, 5.74) is 0.667. The molecular formula is C7H7Cl2N2S+. The molecule has 0 aliphatic heterocycles. The second kappa shape index (κ2) is 4.12. The van der Waals surface area contributed by atoms with Gasteiger partial charge in [-0.25, -0.2) is 5.41 Å². The van der Waals surface area contributed by atoms with Crippen molar-refractivity contribution in [1.29, 1.82) is 0 Å². The number of halogens is 2. The number of nitrogens with two attached hydrogens (primary N) is 1. The van der Waals surface area contributed by atoms with Crippen molar-refractivity contribution in [2.45, 2.75) is 0 Å². The van der Waals surface area contributed by atoms with Gasteiger partial charge in [0.2, 0.25) is 5.04 Å². The molecule has 0 unspecified atom stereocenters. The first-order chi connectivity index (χ1) is 5.66. The second-order valence-corrected chi connectivity index (χ2v) is 3.71. The number of hydrogen-bond acceptors (Lipinski definition) is 2. The van der Waals surface area contributed by atoms with Crippen LogP contribution in [0, 0.1) is 0 Å². The summed E-state index contributed by atoms with van der Waals surface area (Å²) >= 11 is 13.1. The molecule has 0 saturated carbocycles. The van der Waals surface area contributed by atoms with Gasteiger partial charge in [0.15, 0.2) is 0 Å². The van der Waals surface area contributed by atoms with Crippen molar-refractivity contribution in [3.8, 4) is 0 Å². The zero-order valence-electron chi connectivity index (χ0n) is 6.34. The van der Waals surface area contributed by atoms with E-state index >= 15 is 0 Å². The van der Waals surface area contributed by atoms with Gasteiger partial charge in [-0.05, 0) is 6.26 Å². The molecule has 12 heavy (non-hydrogen) atoms. The number of aromatic nitrogens is 1. The van der Waals surface area contributed by atoms with Crippen molar-refractivity contribution in [2.24, 2.45) is 0 Å². The van der Waals surface area contributed by atoms with Crippen LogP contribution in [0.15, 0.2) is 12.4 Å². The largest absolute Gasteiger partial charge is 0.262 e. The fraction of sp³-hybridized carbons (Fsp3) is 0.143. The van der Waals surface area contributed by atoms with Crippen LogP contribution in [0.1, 0.15) is 5.56 Å². The van der Waals surface area contributed by atoms with E-state index < -0.39 is 0 Å². The molecule has 2 N–H and O–H groups in total. The predicted molar refractivity (Wildman–Crippen MR) is 53.8 cm³/mol. The van der Waals surface area contributed by atoms with Crippen LogP contribution in [0.3, 0.4) is 0 Å². The molecule has 0 radical (unpaired) electrons. The highest BCUT2D eigenvalue weighted by molar-refractivity contribution is 8.13. The fourth-order valence-corrected chi connectivity index (χ4v) is 1.85. The molecule has 1 aromatic heterocycles. The van der Waals surface area contributed by atoms with E-state index in [1.54, 1.807) is 0 Å². The summed E-state index contributed by atoms with van der Waals surface area (Å²) < 4.78 is 0. The maximum atomic E-state index is 5.84. The lowest BCUT2D eigenvalue weighted by Gasteiger charge is -2.00. The molecule has 0 saturated heterocycles. The van der Waals surface area contributed by atoms with Crippen molar-refractivity contribution >= 4 is 40.0 Å². The Morgan fingerprint density at radius 2 is 1.92 bits per heavy atom. The minimum Gasteiger partial charge on any atom is -0.262 e. The minimum atomic E-state index is 0.481. The summed E-state index contributed by atoms with van der Waals surface area (Å²) in [5.74, 6) is 0. The van der Waals surface area contributed by atoms with E-state index in [4.69, 9.17) is 28.6 Å². The molecule has 0 bridgehead atoms. The summed E-state index contributed by atoms with van der Waals surface area (Å²) in [4.78, 5) is 3.82. The molecule has 1 aromatic rings. The quantitative estimate of drug-likeness (QED) is 0.573. The van der Waals surface area contributed by atoms with Crippen molar-refractivity contribution in [3.63, 3.8) is 0 Å². The molecule has 0 amide bonds. The molecular weight excluding hydrogens is 215 g/mol. The second-order valence-electron chi connectivity index (χ2n) is 2.05. The van der Waals surface area contributed by atoms with Crippen molar-refractivity contribution in [3.05, 3.63) is 28.0 Å². The molecule has 0 aliphatic rings. The lowest BCUT2D eigenvalue weighted by molar-refractivity contribution is -0.107. The molecule has 0 fully saturated rings. The van der Waals surface area contributed by atoms with E-state index in [0.717, 1.165) is 0 Å². The topological polar surface area (TPSA) is 38.5 Å². The highest BCUT2D eigenvalue weighted by atomic mass is 35.5. The molecule has 5 heteroatoms. The Labute approximate surface area is 84.8 Å². The van der Waals surface area contributed by atoms with Crippen LogP contribution in [0.5, 0.6) is 0 Å². The summed E-state index contributed by atoms with van der Waals surface area (Å²) in [5, 5.41) is 7.24. The molecule has 64 valence electrons. The Morgan fingerprint density at radius 3 is 2.33 bits per heavy atom. The van der Waals surface area contributed by atoms with Crippen LogP contribution in [0.25, 0.3) is 0 Å². The van der Waals surface area contributed by atoms with E-state index in [1.807, 2.05) is 6.26 Å². The SMILES string of the molecule is CSC(=[NH2+])c1c(Cl)cncc1Cl. The summed E-state index contributed by atoms with van der Waals surface area (Å²) in [6.07, 6.45) is 4.90. The van der Waals surface area contributed by atoms with Gasteiger partial charge in [0, 0.05) is 12.4 Å². The lowest BCUT2D eigenvalue weighted by Crippen LogP contribution is -2.38. The highest BCUT2D eigenvalue weighted by Gasteiger charge is 2.14. The van der Waals surface area contributed by atoms with Gasteiger partial charge in [-0.2, -0.15) is 0 Å². The zero-order chi connectivity index (χ0) is 9.14. The third-order valence-electron chi connectivity index (χ3n) is 1.32. The van der Waals surface area contributed by atoms with Crippen LogP contribution in [-0.4, -0.2) is 16.3 Å². The van der Waals surface area contributed by atoms with E-state index in [0.29, 0.717) is 20.7 Å². The van der Waals surface area contributed by atoms with Gasteiger partial charge < -0.3 is 0 Å². The third kappa shape index (κ3) is 1.91. The van der Waals surface area contributed by atoms with Gasteiger partial charge in [-0.15, -0.1) is 0 Å². The summed E-state index contributed by atoms with van der Waals surface area (Å²) in [7, 11) is 0. The van der Waals surface area contributed by atoms with E-state index in [1.165, 1.54) is 24.2 Å². The molecule has 0 aromatic carbocycles. The molecule has 1 heterocycles. The Morgan fingerprint density at radius 1 is 1.42 bits per heavy atom. The number of thioether (sulfide) groups is 1. The standard InChI is InChI=1S/C7H6Cl2N2S/c1-12-7(10)6-4(8)2-11-3-5(6)9/h2-3,10H,1H3/p+1. The van der Waals surface area contributed by atoms with Gasteiger partial charge >= 0.3 is 0 Å². The molecule has 0 spiro atoms. The highest BCUT2D eigenvalue weighted by Crippen LogP contribution is 2.24. The van der Waals surface area contributed by atoms with Crippen LogP contribution >= 0.6 is 35.0 Å². The van der Waals surface area contributed by atoms with E-state index in [-0.39, 0.29) is 0 Å². The fourth-order valence-electron chi connectivity index (χ4n) is 0.749. The zero-order valence-corrected chi connectivity index (χ0v) is 8.67. The van der Waals surface area contributed by atoms with Gasteiger partial charge in [0.05, 0.1) is 15.6 Å². The number of rotatable bonds is 1. The van der Waals surface area contributed by atoms with Gasteiger partial charge in [-0.1, -0.05) is 35.0 Å². The predicted octanol–water partition coefficient (Wildman–Crippen LogP) is 1.26. The van der Waals surface area contributed by atoms with E-state index in [2.05, 4.69) is 4.98 Å². The maximum absolute atomic E-state index is 5.84. The van der Waals surface area contributed by atoms with Crippen molar-refractivity contribution in [2.75, 3.05) is 6.26 Å². The van der Waals surface area contributed by atoms with Gasteiger partial charge in [0.1, 0.15) is 0 Å². The minimum absolute atomic E-state index is 0.481. The average molecular weight is 222 g/mol. The maximum Gasteiger partial charge on any atom is 0.241 e. The third-order valence-corrected chi connectivity index (χ3v) is 2.54. The van der Waals surface area contributed by atoms with Crippen molar-refractivity contribution in [1.82, 2.24) is 4.98 Å². The number of pyridine rings is 1. The molecule has 0 aliphatic carbocycles. The Balaban J connectivity index is 3.21. The smallest absolute Gasteiger partial charge is 0.241 e. The monoisotopic (exact) mass is 221 g/mol. The molecule has 2 nitrogen and oxygen atoms in total. The first-order valence-corrected chi connectivity index (χ1v) is 5.10. The Kier molecular flexibility index (Phi) is 3.38. The first kappa shape index (κ1) is 9.84. The molecule has 0 atom stereocenters. The van der Waals surface area contributed by atoms with Gasteiger partial charge in [-0.3, -0.25) is 4.98 Å². The summed E-state index contributed by atoms with van der Waals surface area (Å²) in [6.45, 7) is 0. The number of hydrogen-bond donors (Lipinski definition) is 1. The Bertz CT molecular complexity index is 294. The number of nitrogens with zero attached hydrogens (tertiary/aromatic N) is 1. The lowest BCUT2D eigenvalue weighted by atomic mass is 10.3. The summed E-state index contributed by atoms with van der Waals surface area (Å²) in [6, 6.07) is 0. The van der Waals surface area contributed by atoms with Crippen molar-refractivity contribution < 1.29 is 5.41 Å². The molecule has 1 rings (SSSR count). The normalized spacial score (nSPS) is 9.92. The average Bonchev–Trinajstić information content (AvgIpc) is 2.03. The first-order valence-electron chi connectivity index (χ1n) is 3.12. The Hall–Kier alpha value is -0.250. The van der Waals surface area contributed by atoms with Crippen LogP contribution in [0.4, 0.5) is 0 Å². The van der Waals surface area contributed by atoms with Crippen LogP contribution in [-0.2, 0) is 0 Å². The van der Waals surface area contributed by atoms with E-state index in [9.17, 15) is 0 Å². The van der Waals surface area contributed by atoms with Gasteiger partial charge in [0.25, 0.3) is 0 Å². The van der Waals surface area contributed by atoms with Crippen LogP contribution < -0.4 is 5.41 Å². The van der Waals surface area contributed by atoms with Crippen LogP contribution in [0.2, 0.25) is 10.0 Å².